The molecule has 3 nitrogen and oxygen atoms in total. The minimum Gasteiger partial charge on any atom is -0.360 e. The van der Waals surface area contributed by atoms with Crippen LogP contribution in [0, 0.1) is 6.92 Å². The van der Waals surface area contributed by atoms with Gasteiger partial charge in [-0.15, -0.1) is 0 Å². The van der Waals surface area contributed by atoms with E-state index >= 15 is 0 Å². The fourth-order valence-corrected chi connectivity index (χ4v) is 3.09. The Labute approximate surface area is 127 Å². The van der Waals surface area contributed by atoms with Crippen LogP contribution in [0.4, 0.5) is 5.69 Å². The summed E-state index contributed by atoms with van der Waals surface area (Å²) in [5, 5.41) is 3.67. The molecule has 1 saturated heterocycles. The number of aromatic nitrogens is 1. The third-order valence-corrected chi connectivity index (χ3v) is 4.39. The molecule has 21 heavy (non-hydrogen) atoms. The van der Waals surface area contributed by atoms with E-state index in [1.165, 1.54) is 16.8 Å². The summed E-state index contributed by atoms with van der Waals surface area (Å²) in [4.78, 5) is 6.85. The number of piperazine rings is 1. The number of pyridine rings is 1. The molecule has 2 aromatic rings. The zero-order valence-electron chi connectivity index (χ0n) is 12.8. The SMILES string of the molecule is CCC1CN(c2cnccc2C)C(c2ccccc2)CN1. The van der Waals surface area contributed by atoms with Crippen LogP contribution in [0.25, 0.3) is 0 Å². The molecule has 0 saturated carbocycles. The molecule has 3 heteroatoms. The lowest BCUT2D eigenvalue weighted by atomic mass is 9.99. The van der Waals surface area contributed by atoms with Gasteiger partial charge in [0, 0.05) is 25.3 Å². The average Bonchev–Trinajstić information content (AvgIpc) is 2.55. The van der Waals surface area contributed by atoms with E-state index < -0.39 is 0 Å². The van der Waals surface area contributed by atoms with Gasteiger partial charge in [-0.05, 0) is 30.5 Å². The maximum atomic E-state index is 4.34. The summed E-state index contributed by atoms with van der Waals surface area (Å²) in [6.45, 7) is 6.43. The molecule has 1 aliphatic heterocycles. The predicted octanol–water partition coefficient (Wildman–Crippen LogP) is 3.32. The monoisotopic (exact) mass is 281 g/mol. The summed E-state index contributed by atoms with van der Waals surface area (Å²) in [7, 11) is 0. The molecule has 2 atom stereocenters. The summed E-state index contributed by atoms with van der Waals surface area (Å²) in [5.74, 6) is 0. The van der Waals surface area contributed by atoms with Crippen LogP contribution >= 0.6 is 0 Å². The molecule has 110 valence electrons. The number of hydrogen-bond acceptors (Lipinski definition) is 3. The highest BCUT2D eigenvalue weighted by Crippen LogP contribution is 2.31. The molecule has 3 rings (SSSR count). The van der Waals surface area contributed by atoms with Gasteiger partial charge in [0.2, 0.25) is 0 Å². The fourth-order valence-electron chi connectivity index (χ4n) is 3.09. The Morgan fingerprint density at radius 1 is 1.24 bits per heavy atom. The molecule has 2 unspecified atom stereocenters. The highest BCUT2D eigenvalue weighted by molar-refractivity contribution is 5.54. The summed E-state index contributed by atoms with van der Waals surface area (Å²) >= 11 is 0. The zero-order chi connectivity index (χ0) is 14.7. The summed E-state index contributed by atoms with van der Waals surface area (Å²) in [6.07, 6.45) is 5.02. The van der Waals surface area contributed by atoms with E-state index in [-0.39, 0.29) is 0 Å². The van der Waals surface area contributed by atoms with Gasteiger partial charge >= 0.3 is 0 Å². The quantitative estimate of drug-likeness (QED) is 0.935. The number of hydrogen-bond donors (Lipinski definition) is 1. The normalized spacial score (nSPS) is 22.3. The first-order valence-electron chi connectivity index (χ1n) is 7.75. The van der Waals surface area contributed by atoms with Crippen molar-refractivity contribution in [3.05, 3.63) is 59.9 Å². The van der Waals surface area contributed by atoms with Crippen LogP contribution in [-0.2, 0) is 0 Å². The Hall–Kier alpha value is -1.87. The number of rotatable bonds is 3. The van der Waals surface area contributed by atoms with Gasteiger partial charge in [-0.3, -0.25) is 4.98 Å². The molecule has 0 amide bonds. The fraction of sp³-hybridized carbons (Fsp3) is 0.389. The minimum atomic E-state index is 0.372. The molecular weight excluding hydrogens is 258 g/mol. The van der Waals surface area contributed by atoms with Crippen molar-refractivity contribution < 1.29 is 0 Å². The summed E-state index contributed by atoms with van der Waals surface area (Å²) < 4.78 is 0. The second kappa shape index (κ2) is 6.27. The number of nitrogens with one attached hydrogen (secondary N) is 1. The molecule has 0 bridgehead atoms. The Balaban J connectivity index is 1.96. The van der Waals surface area contributed by atoms with Gasteiger partial charge in [0.05, 0.1) is 17.9 Å². The third-order valence-electron chi connectivity index (χ3n) is 4.39. The van der Waals surface area contributed by atoms with E-state index in [9.17, 15) is 0 Å². The molecule has 2 heterocycles. The molecule has 0 radical (unpaired) electrons. The topological polar surface area (TPSA) is 28.2 Å². The van der Waals surface area contributed by atoms with Crippen molar-refractivity contribution in [1.82, 2.24) is 10.3 Å². The largest absolute Gasteiger partial charge is 0.360 e. The highest BCUT2D eigenvalue weighted by atomic mass is 15.2. The average molecular weight is 281 g/mol. The van der Waals surface area contributed by atoms with Crippen molar-refractivity contribution in [3.63, 3.8) is 0 Å². The molecular formula is C18H23N3. The third kappa shape index (κ3) is 2.93. The van der Waals surface area contributed by atoms with Gasteiger partial charge < -0.3 is 10.2 Å². The van der Waals surface area contributed by atoms with Crippen molar-refractivity contribution in [2.24, 2.45) is 0 Å². The number of benzene rings is 1. The molecule has 0 spiro atoms. The first-order valence-corrected chi connectivity index (χ1v) is 7.75. The summed E-state index contributed by atoms with van der Waals surface area (Å²) in [6, 6.07) is 13.8. The second-order valence-electron chi connectivity index (χ2n) is 5.75. The van der Waals surface area contributed by atoms with Crippen LogP contribution in [0.5, 0.6) is 0 Å². The van der Waals surface area contributed by atoms with Crippen LogP contribution in [-0.4, -0.2) is 24.1 Å². The van der Waals surface area contributed by atoms with E-state index in [4.69, 9.17) is 0 Å². The van der Waals surface area contributed by atoms with Gasteiger partial charge in [0.25, 0.3) is 0 Å². The molecule has 1 aromatic heterocycles. The van der Waals surface area contributed by atoms with E-state index in [1.807, 2.05) is 12.4 Å². The Morgan fingerprint density at radius 2 is 2.05 bits per heavy atom. The molecule has 1 aromatic carbocycles. The van der Waals surface area contributed by atoms with Crippen LogP contribution in [0.3, 0.4) is 0 Å². The van der Waals surface area contributed by atoms with Crippen LogP contribution in [0.15, 0.2) is 48.8 Å². The minimum absolute atomic E-state index is 0.372. The van der Waals surface area contributed by atoms with E-state index in [0.29, 0.717) is 12.1 Å². The van der Waals surface area contributed by atoms with Crippen molar-refractivity contribution >= 4 is 5.69 Å². The maximum Gasteiger partial charge on any atom is 0.0668 e. The summed E-state index contributed by atoms with van der Waals surface area (Å²) in [5.41, 5.74) is 3.91. The van der Waals surface area contributed by atoms with Crippen molar-refractivity contribution in [3.8, 4) is 0 Å². The first kappa shape index (κ1) is 14.1. The van der Waals surface area contributed by atoms with Gasteiger partial charge in [-0.2, -0.15) is 0 Å². The van der Waals surface area contributed by atoms with Crippen LogP contribution in [0.2, 0.25) is 0 Å². The molecule has 0 aliphatic carbocycles. The lowest BCUT2D eigenvalue weighted by Crippen LogP contribution is -2.52. The van der Waals surface area contributed by atoms with Gasteiger partial charge in [0.15, 0.2) is 0 Å². The van der Waals surface area contributed by atoms with Crippen LogP contribution < -0.4 is 10.2 Å². The van der Waals surface area contributed by atoms with E-state index in [0.717, 1.165) is 19.5 Å². The lowest BCUT2D eigenvalue weighted by Gasteiger charge is -2.42. The standard InChI is InChI=1S/C18H23N3/c1-3-16-13-21(17-11-19-10-9-14(17)2)18(12-20-16)15-7-5-4-6-8-15/h4-11,16,18,20H,3,12-13H2,1-2H3. The zero-order valence-corrected chi connectivity index (χ0v) is 12.8. The molecule has 1 aliphatic rings. The first-order chi connectivity index (χ1) is 10.3. The van der Waals surface area contributed by atoms with Gasteiger partial charge in [-0.25, -0.2) is 0 Å². The maximum absolute atomic E-state index is 4.34. The second-order valence-corrected chi connectivity index (χ2v) is 5.75. The van der Waals surface area contributed by atoms with Gasteiger partial charge in [-0.1, -0.05) is 37.3 Å². The lowest BCUT2D eigenvalue weighted by molar-refractivity contribution is 0.389. The van der Waals surface area contributed by atoms with Crippen LogP contribution in [0.1, 0.15) is 30.5 Å². The van der Waals surface area contributed by atoms with Crippen molar-refractivity contribution in [2.45, 2.75) is 32.4 Å². The van der Waals surface area contributed by atoms with Crippen molar-refractivity contribution in [1.29, 1.82) is 0 Å². The Kier molecular flexibility index (Phi) is 4.20. The Morgan fingerprint density at radius 3 is 2.76 bits per heavy atom. The number of nitrogens with zero attached hydrogens (tertiary/aromatic N) is 2. The highest BCUT2D eigenvalue weighted by Gasteiger charge is 2.29. The van der Waals surface area contributed by atoms with Gasteiger partial charge in [0.1, 0.15) is 0 Å². The molecule has 1 N–H and O–H groups in total. The van der Waals surface area contributed by atoms with Crippen molar-refractivity contribution in [2.75, 3.05) is 18.0 Å². The predicted molar refractivity (Wildman–Crippen MR) is 87.6 cm³/mol. The van der Waals surface area contributed by atoms with E-state index in [2.05, 4.69) is 65.4 Å². The Bertz CT molecular complexity index is 582. The number of aryl methyl sites for hydroxylation is 1. The van der Waals surface area contributed by atoms with E-state index in [1.54, 1.807) is 0 Å². The smallest absolute Gasteiger partial charge is 0.0668 e. The number of anilines is 1. The molecule has 1 fully saturated rings.